The fraction of sp³-hybridized carbons (Fsp3) is 0.385. The topological polar surface area (TPSA) is 62.1 Å². The Kier molecular flexibility index (Phi) is 5.90. The van der Waals surface area contributed by atoms with Crippen molar-refractivity contribution in [3.63, 3.8) is 0 Å². The number of hydrogen-bond acceptors (Lipinski definition) is 4. The van der Waals surface area contributed by atoms with Crippen molar-refractivity contribution in [2.75, 3.05) is 11.1 Å². The summed E-state index contributed by atoms with van der Waals surface area (Å²) in [7, 11) is 0. The van der Waals surface area contributed by atoms with E-state index in [1.807, 2.05) is 6.07 Å². The molecule has 0 radical (unpaired) electrons. The van der Waals surface area contributed by atoms with E-state index in [-0.39, 0.29) is 17.4 Å². The lowest BCUT2D eigenvalue weighted by atomic mass is 10.2. The van der Waals surface area contributed by atoms with Gasteiger partial charge in [-0.1, -0.05) is 0 Å². The van der Waals surface area contributed by atoms with Crippen LogP contribution in [0.15, 0.2) is 18.2 Å². The molecule has 0 heterocycles. The van der Waals surface area contributed by atoms with Gasteiger partial charge in [0.15, 0.2) is 0 Å². The Hall–Kier alpha value is -1.88. The van der Waals surface area contributed by atoms with Gasteiger partial charge in [0.05, 0.1) is 29.2 Å². The van der Waals surface area contributed by atoms with Gasteiger partial charge in [0.2, 0.25) is 5.91 Å². The highest BCUT2D eigenvalue weighted by molar-refractivity contribution is 8.00. The first-order valence-corrected chi connectivity index (χ1v) is 6.91. The van der Waals surface area contributed by atoms with E-state index >= 15 is 0 Å². The van der Waals surface area contributed by atoms with Crippen LogP contribution in [0.3, 0.4) is 0 Å². The molecule has 0 unspecified atom stereocenters. The van der Waals surface area contributed by atoms with E-state index in [2.05, 4.69) is 5.32 Å². The lowest BCUT2D eigenvalue weighted by Crippen LogP contribution is -2.18. The maximum Gasteiger partial charge on any atom is 0.442 e. The molecule has 0 spiro atoms. The number of amides is 1. The summed E-state index contributed by atoms with van der Waals surface area (Å²) < 4.78 is 41.6. The number of ether oxygens (including phenoxy) is 1. The molecule has 1 amide bonds. The minimum absolute atomic E-state index is 0.176. The second kappa shape index (κ2) is 7.22. The van der Waals surface area contributed by atoms with Gasteiger partial charge in [0.1, 0.15) is 5.75 Å². The van der Waals surface area contributed by atoms with Gasteiger partial charge in [-0.3, -0.25) is 4.79 Å². The van der Waals surface area contributed by atoms with E-state index < -0.39 is 28.9 Å². The smallest absolute Gasteiger partial charge is 0.442 e. The van der Waals surface area contributed by atoms with Crippen LogP contribution in [0, 0.1) is 11.3 Å². The van der Waals surface area contributed by atoms with E-state index in [0.29, 0.717) is 5.75 Å². The van der Waals surface area contributed by atoms with Gasteiger partial charge < -0.3 is 10.1 Å². The maximum atomic E-state index is 12.0. The second-order valence-electron chi connectivity index (χ2n) is 4.27. The van der Waals surface area contributed by atoms with Crippen LogP contribution in [-0.2, 0) is 4.79 Å². The molecule has 8 heteroatoms. The van der Waals surface area contributed by atoms with E-state index in [4.69, 9.17) is 10.00 Å². The molecule has 1 rings (SSSR count). The van der Waals surface area contributed by atoms with E-state index in [9.17, 15) is 18.0 Å². The summed E-state index contributed by atoms with van der Waals surface area (Å²) in [4.78, 5) is 11.5. The standard InChI is InChI=1S/C13H13F3N2O2S/c1-8(2)20-11-4-3-9(6-17)5-10(11)18-12(19)7-21-13(14,15)16/h3-5,8H,7H2,1-2H3,(H,18,19). The molecule has 0 aliphatic heterocycles. The number of rotatable bonds is 5. The van der Waals surface area contributed by atoms with E-state index in [1.165, 1.54) is 18.2 Å². The van der Waals surface area contributed by atoms with Gasteiger partial charge >= 0.3 is 5.51 Å². The first-order chi connectivity index (χ1) is 9.71. The molecule has 114 valence electrons. The highest BCUT2D eigenvalue weighted by atomic mass is 32.2. The van der Waals surface area contributed by atoms with Crippen LogP contribution in [0.25, 0.3) is 0 Å². The summed E-state index contributed by atoms with van der Waals surface area (Å²) >= 11 is -0.427. The zero-order valence-corrected chi connectivity index (χ0v) is 12.1. The molecule has 21 heavy (non-hydrogen) atoms. The number of thioether (sulfide) groups is 1. The predicted molar refractivity (Wildman–Crippen MR) is 74.1 cm³/mol. The molecule has 4 nitrogen and oxygen atoms in total. The number of hydrogen-bond donors (Lipinski definition) is 1. The van der Waals surface area contributed by atoms with E-state index in [0.717, 1.165) is 0 Å². The Morgan fingerprint density at radius 1 is 1.48 bits per heavy atom. The van der Waals surface area contributed by atoms with Crippen molar-refractivity contribution in [1.29, 1.82) is 5.26 Å². The predicted octanol–water partition coefficient (Wildman–Crippen LogP) is 3.54. The Bertz CT molecular complexity index is 553. The first kappa shape index (κ1) is 17.2. The van der Waals surface area contributed by atoms with Gasteiger partial charge in [-0.15, -0.1) is 0 Å². The van der Waals surface area contributed by atoms with Gasteiger partial charge in [-0.05, 0) is 43.8 Å². The van der Waals surface area contributed by atoms with Crippen molar-refractivity contribution in [3.05, 3.63) is 23.8 Å². The summed E-state index contributed by atoms with van der Waals surface area (Å²) in [6, 6.07) is 6.23. The lowest BCUT2D eigenvalue weighted by Gasteiger charge is -2.15. The van der Waals surface area contributed by atoms with Crippen LogP contribution in [0.5, 0.6) is 5.75 Å². The normalized spacial score (nSPS) is 11.1. The molecule has 0 saturated heterocycles. The van der Waals surface area contributed by atoms with Crippen LogP contribution in [-0.4, -0.2) is 23.3 Å². The fourth-order valence-corrected chi connectivity index (χ4v) is 1.75. The first-order valence-electron chi connectivity index (χ1n) is 5.92. The summed E-state index contributed by atoms with van der Waals surface area (Å²) in [6.07, 6.45) is -0.182. The molecule has 0 bridgehead atoms. The number of anilines is 1. The maximum absolute atomic E-state index is 12.0. The third kappa shape index (κ3) is 6.40. The third-order valence-electron chi connectivity index (χ3n) is 2.11. The minimum Gasteiger partial charge on any atom is -0.489 e. The largest absolute Gasteiger partial charge is 0.489 e. The van der Waals surface area contributed by atoms with Crippen molar-refractivity contribution in [2.45, 2.75) is 25.5 Å². The average molecular weight is 318 g/mol. The number of alkyl halides is 3. The summed E-state index contributed by atoms with van der Waals surface area (Å²) in [6.45, 7) is 3.53. The van der Waals surface area contributed by atoms with Gasteiger partial charge in [-0.25, -0.2) is 0 Å². The molecular weight excluding hydrogens is 305 g/mol. The average Bonchev–Trinajstić information content (AvgIpc) is 2.37. The number of benzene rings is 1. The SMILES string of the molecule is CC(C)Oc1ccc(C#N)cc1NC(=O)CSC(F)(F)F. The number of nitriles is 1. The molecule has 1 aromatic carbocycles. The number of halogens is 3. The molecule has 0 saturated carbocycles. The van der Waals surface area contributed by atoms with Crippen molar-refractivity contribution < 1.29 is 22.7 Å². The Balaban J connectivity index is 2.84. The number of carbonyl (C=O) groups excluding carboxylic acids is 1. The molecule has 0 fully saturated rings. The zero-order valence-electron chi connectivity index (χ0n) is 11.3. The molecular formula is C13H13F3N2O2S. The second-order valence-corrected chi connectivity index (χ2v) is 5.31. The van der Waals surface area contributed by atoms with Crippen molar-refractivity contribution >= 4 is 23.4 Å². The summed E-state index contributed by atoms with van der Waals surface area (Å²) in [5.41, 5.74) is -4.02. The molecule has 1 N–H and O–H groups in total. The van der Waals surface area contributed by atoms with Crippen molar-refractivity contribution in [3.8, 4) is 11.8 Å². The summed E-state index contributed by atoms with van der Waals surface area (Å²) in [5.74, 6) is -1.28. The number of nitrogens with zero attached hydrogens (tertiary/aromatic N) is 1. The van der Waals surface area contributed by atoms with Crippen LogP contribution in [0.4, 0.5) is 18.9 Å². The highest BCUT2D eigenvalue weighted by Gasteiger charge is 2.29. The van der Waals surface area contributed by atoms with Gasteiger partial charge in [-0.2, -0.15) is 18.4 Å². The zero-order chi connectivity index (χ0) is 16.0. The van der Waals surface area contributed by atoms with Crippen LogP contribution in [0.1, 0.15) is 19.4 Å². The van der Waals surface area contributed by atoms with Crippen molar-refractivity contribution in [1.82, 2.24) is 0 Å². The Morgan fingerprint density at radius 2 is 2.14 bits per heavy atom. The summed E-state index contributed by atoms with van der Waals surface area (Å²) in [5, 5.41) is 11.1. The molecule has 0 aliphatic carbocycles. The highest BCUT2D eigenvalue weighted by Crippen LogP contribution is 2.31. The van der Waals surface area contributed by atoms with Crippen LogP contribution < -0.4 is 10.1 Å². The lowest BCUT2D eigenvalue weighted by molar-refractivity contribution is -0.114. The molecule has 0 atom stereocenters. The van der Waals surface area contributed by atoms with Crippen LogP contribution in [0.2, 0.25) is 0 Å². The molecule has 0 aliphatic rings. The van der Waals surface area contributed by atoms with Gasteiger partial charge in [0, 0.05) is 0 Å². The van der Waals surface area contributed by atoms with Gasteiger partial charge in [0.25, 0.3) is 0 Å². The fourth-order valence-electron chi connectivity index (χ4n) is 1.39. The van der Waals surface area contributed by atoms with Crippen molar-refractivity contribution in [2.24, 2.45) is 0 Å². The molecule has 0 aromatic heterocycles. The number of nitrogens with one attached hydrogen (secondary N) is 1. The third-order valence-corrected chi connectivity index (χ3v) is 2.85. The number of carbonyl (C=O) groups is 1. The van der Waals surface area contributed by atoms with E-state index in [1.54, 1.807) is 13.8 Å². The minimum atomic E-state index is -4.47. The monoisotopic (exact) mass is 318 g/mol. The molecule has 1 aromatic rings. The Labute approximate surface area is 124 Å². The quantitative estimate of drug-likeness (QED) is 0.902. The van der Waals surface area contributed by atoms with Crippen LogP contribution >= 0.6 is 11.8 Å². The Morgan fingerprint density at radius 3 is 2.67 bits per heavy atom.